The number of aromatic amines is 1. The van der Waals surface area contributed by atoms with Crippen LogP contribution in [0.4, 0.5) is 5.95 Å². The smallest absolute Gasteiger partial charge is 0.254 e. The molecular weight excluding hydrogens is 604 g/mol. The maximum atomic E-state index is 13.8. The molecule has 0 bridgehead atoms. The molecule has 0 radical (unpaired) electrons. The summed E-state index contributed by atoms with van der Waals surface area (Å²) in [6.45, 7) is 6.87. The number of thioether (sulfide) groups is 1. The van der Waals surface area contributed by atoms with Gasteiger partial charge in [0.1, 0.15) is 0 Å². The first kappa shape index (κ1) is 33.7. The molecule has 0 saturated heterocycles. The predicted molar refractivity (Wildman–Crippen MR) is 181 cm³/mol. The van der Waals surface area contributed by atoms with E-state index in [0.29, 0.717) is 51.3 Å². The van der Waals surface area contributed by atoms with E-state index in [0.717, 1.165) is 49.2 Å². The average molecular weight is 651 g/mol. The number of carbonyl (C=O) groups is 1. The van der Waals surface area contributed by atoms with Crippen LogP contribution in [0.3, 0.4) is 0 Å². The molecule has 1 amide bonds. The Labute approximate surface area is 275 Å². The van der Waals surface area contributed by atoms with E-state index in [1.807, 2.05) is 58.2 Å². The molecule has 3 N–H and O–H groups in total. The molecule has 1 aliphatic heterocycles. The van der Waals surface area contributed by atoms with Crippen molar-refractivity contribution in [1.29, 1.82) is 0 Å². The second kappa shape index (κ2) is 14.0. The number of amides is 1. The number of aliphatic hydroxyl groups excluding tert-OH is 1. The number of pyridine rings is 1. The van der Waals surface area contributed by atoms with E-state index < -0.39 is 5.79 Å². The molecule has 1 unspecified atom stereocenters. The standard InChI is InChI=1S/C34H46N6O5S/c1-20-15-28(46-7)27(32(43)38-20)19-35-31(42)25-16-26(22-17-36-33(37-18-22)39(4)5)30-29(21(25)2)44-34(3,45-30)23-9-11-24(12-10-23)40(6)13-8-14-41/h15-18,23-24,41H,8-14,19H2,1-7H3,(H,35,42)(H,38,43). The number of carbonyl (C=O) groups excluding carboxylic acids is 1. The molecule has 11 nitrogen and oxygen atoms in total. The van der Waals surface area contributed by atoms with Crippen molar-refractivity contribution < 1.29 is 19.4 Å². The first-order valence-corrected chi connectivity index (χ1v) is 17.1. The quantitative estimate of drug-likeness (QED) is 0.254. The number of fused-ring (bicyclic) bond motifs is 1. The summed E-state index contributed by atoms with van der Waals surface area (Å²) in [5, 5.41) is 12.2. The lowest BCUT2D eigenvalue weighted by atomic mass is 9.81. The molecule has 2 aromatic heterocycles. The number of ether oxygens (including phenoxy) is 2. The van der Waals surface area contributed by atoms with Crippen LogP contribution in [-0.2, 0) is 6.54 Å². The molecule has 3 heterocycles. The third-order valence-electron chi connectivity index (χ3n) is 9.29. The second-order valence-corrected chi connectivity index (χ2v) is 13.6. The maximum absolute atomic E-state index is 13.8. The first-order valence-electron chi connectivity index (χ1n) is 15.9. The lowest BCUT2D eigenvalue weighted by molar-refractivity contribution is -0.123. The molecule has 1 aliphatic carbocycles. The average Bonchev–Trinajstić information content (AvgIpc) is 3.42. The minimum atomic E-state index is -0.904. The molecule has 2 aliphatic rings. The summed E-state index contributed by atoms with van der Waals surface area (Å²) in [4.78, 5) is 43.4. The fraction of sp³-hybridized carbons (Fsp3) is 0.529. The topological polar surface area (TPSA) is 133 Å². The summed E-state index contributed by atoms with van der Waals surface area (Å²) in [7, 11) is 5.89. The summed E-state index contributed by atoms with van der Waals surface area (Å²) in [6.07, 6.45) is 10.1. The molecule has 1 atom stereocenters. The van der Waals surface area contributed by atoms with Crippen molar-refractivity contribution in [3.8, 4) is 22.6 Å². The number of hydrogen-bond acceptors (Lipinski definition) is 10. The van der Waals surface area contributed by atoms with Crippen LogP contribution in [-0.4, -0.2) is 83.2 Å². The Kier molecular flexibility index (Phi) is 10.3. The van der Waals surface area contributed by atoms with Crippen LogP contribution in [0.25, 0.3) is 11.1 Å². The van der Waals surface area contributed by atoms with Gasteiger partial charge in [0.2, 0.25) is 5.95 Å². The van der Waals surface area contributed by atoms with Crippen LogP contribution in [0.15, 0.2) is 34.2 Å². The molecule has 46 heavy (non-hydrogen) atoms. The largest absolute Gasteiger partial charge is 0.448 e. The van der Waals surface area contributed by atoms with Gasteiger partial charge in [-0.25, -0.2) is 9.97 Å². The van der Waals surface area contributed by atoms with E-state index in [4.69, 9.17) is 9.47 Å². The number of hydrogen-bond donors (Lipinski definition) is 3. The number of anilines is 1. The summed E-state index contributed by atoms with van der Waals surface area (Å²) in [5.41, 5.74) is 3.56. The molecule has 0 spiro atoms. The number of aromatic nitrogens is 3. The zero-order valence-electron chi connectivity index (χ0n) is 27.9. The monoisotopic (exact) mass is 650 g/mol. The van der Waals surface area contributed by atoms with Crippen molar-refractivity contribution in [2.45, 2.75) is 76.1 Å². The SMILES string of the molecule is CSc1cc(C)[nH]c(=O)c1CNC(=O)c1cc(-c2cnc(N(C)C)nc2)c2c(c1C)OC(C)(C1CCC(N(C)CCCO)CC1)O2. The number of nitrogens with one attached hydrogen (secondary N) is 2. The highest BCUT2D eigenvalue weighted by Gasteiger charge is 2.48. The number of H-pyrrole nitrogens is 1. The Morgan fingerprint density at radius 3 is 2.41 bits per heavy atom. The van der Waals surface area contributed by atoms with E-state index in [-0.39, 0.29) is 30.5 Å². The highest BCUT2D eigenvalue weighted by atomic mass is 32.2. The van der Waals surface area contributed by atoms with Gasteiger partial charge in [-0.3, -0.25) is 9.59 Å². The molecule has 1 saturated carbocycles. The van der Waals surface area contributed by atoms with E-state index in [9.17, 15) is 14.7 Å². The Morgan fingerprint density at radius 1 is 1.11 bits per heavy atom. The molecule has 3 aromatic rings. The lowest BCUT2D eigenvalue weighted by Crippen LogP contribution is -2.47. The highest BCUT2D eigenvalue weighted by molar-refractivity contribution is 7.98. The summed E-state index contributed by atoms with van der Waals surface area (Å²) in [5.74, 6) is 0.626. The normalized spacial score (nSPS) is 20.6. The van der Waals surface area contributed by atoms with Crippen molar-refractivity contribution in [2.24, 2.45) is 5.92 Å². The van der Waals surface area contributed by atoms with Gasteiger partial charge in [-0.2, -0.15) is 0 Å². The van der Waals surface area contributed by atoms with Crippen LogP contribution in [0.1, 0.15) is 66.2 Å². The molecular formula is C34H46N6O5S. The number of benzene rings is 1. The fourth-order valence-electron chi connectivity index (χ4n) is 6.53. The highest BCUT2D eigenvalue weighted by Crippen LogP contribution is 2.52. The summed E-state index contributed by atoms with van der Waals surface area (Å²) in [6, 6.07) is 4.19. The van der Waals surface area contributed by atoms with Gasteiger partial charge in [0, 0.05) is 103 Å². The Balaban J connectivity index is 1.45. The van der Waals surface area contributed by atoms with Gasteiger partial charge < -0.3 is 34.7 Å². The van der Waals surface area contributed by atoms with E-state index in [1.165, 1.54) is 11.8 Å². The zero-order valence-corrected chi connectivity index (χ0v) is 28.7. The summed E-state index contributed by atoms with van der Waals surface area (Å²) >= 11 is 1.47. The first-order chi connectivity index (χ1) is 21.9. The molecule has 248 valence electrons. The minimum absolute atomic E-state index is 0.0855. The third kappa shape index (κ3) is 6.89. The lowest BCUT2D eigenvalue weighted by Gasteiger charge is -2.40. The summed E-state index contributed by atoms with van der Waals surface area (Å²) < 4.78 is 13.5. The fourth-order valence-corrected chi connectivity index (χ4v) is 7.24. The van der Waals surface area contributed by atoms with Crippen LogP contribution in [0.5, 0.6) is 11.5 Å². The molecule has 12 heteroatoms. The molecule has 1 fully saturated rings. The van der Waals surface area contributed by atoms with Crippen molar-refractivity contribution in [3.63, 3.8) is 0 Å². The number of nitrogens with zero attached hydrogens (tertiary/aromatic N) is 4. The maximum Gasteiger partial charge on any atom is 0.254 e. The van der Waals surface area contributed by atoms with Crippen molar-refractivity contribution in [2.75, 3.05) is 45.5 Å². The predicted octanol–water partition coefficient (Wildman–Crippen LogP) is 4.53. The molecule has 1 aromatic carbocycles. The van der Waals surface area contributed by atoms with Crippen molar-refractivity contribution in [3.05, 3.63) is 57.3 Å². The van der Waals surface area contributed by atoms with Crippen LogP contribution in [0, 0.1) is 19.8 Å². The third-order valence-corrected chi connectivity index (χ3v) is 10.1. The van der Waals surface area contributed by atoms with Crippen LogP contribution in [0.2, 0.25) is 0 Å². The molecule has 5 rings (SSSR count). The van der Waals surface area contributed by atoms with Gasteiger partial charge in [0.15, 0.2) is 11.5 Å². The van der Waals surface area contributed by atoms with Gasteiger partial charge in [-0.05, 0) is 71.4 Å². The van der Waals surface area contributed by atoms with Crippen LogP contribution >= 0.6 is 11.8 Å². The Hall–Kier alpha value is -3.61. The zero-order chi connectivity index (χ0) is 33.2. The van der Waals surface area contributed by atoms with E-state index in [2.05, 4.69) is 32.2 Å². The van der Waals surface area contributed by atoms with Crippen molar-refractivity contribution >= 4 is 23.6 Å². The van der Waals surface area contributed by atoms with Gasteiger partial charge in [-0.1, -0.05) is 0 Å². The minimum Gasteiger partial charge on any atom is -0.448 e. The number of aryl methyl sites for hydroxylation is 1. The van der Waals surface area contributed by atoms with Gasteiger partial charge in [0.05, 0.1) is 0 Å². The van der Waals surface area contributed by atoms with Gasteiger partial charge in [-0.15, -0.1) is 11.8 Å². The Morgan fingerprint density at radius 2 is 1.78 bits per heavy atom. The van der Waals surface area contributed by atoms with Crippen LogP contribution < -0.4 is 25.2 Å². The Bertz CT molecular complexity index is 1620. The van der Waals surface area contributed by atoms with E-state index in [1.54, 1.807) is 12.4 Å². The van der Waals surface area contributed by atoms with E-state index >= 15 is 0 Å². The number of aliphatic hydroxyl groups is 1. The van der Waals surface area contributed by atoms with Gasteiger partial charge >= 0.3 is 0 Å². The van der Waals surface area contributed by atoms with Gasteiger partial charge in [0.25, 0.3) is 17.3 Å². The number of rotatable bonds is 11. The van der Waals surface area contributed by atoms with Crippen molar-refractivity contribution in [1.82, 2.24) is 25.2 Å². The second-order valence-electron chi connectivity index (χ2n) is 12.7.